The van der Waals surface area contributed by atoms with Crippen LogP contribution in [0.15, 0.2) is 60.8 Å². The molecule has 22 heteroatoms. The van der Waals surface area contributed by atoms with Gasteiger partial charge in [-0.25, -0.2) is 4.79 Å². The third-order valence-corrected chi connectivity index (χ3v) is 12.6. The summed E-state index contributed by atoms with van der Waals surface area (Å²) >= 11 is 1.39. The molecule has 0 saturated carbocycles. The number of fused-ring (bicyclic) bond motifs is 1. The molecule has 71 heavy (non-hydrogen) atoms. The maximum atomic E-state index is 14.6. The van der Waals surface area contributed by atoms with Crippen molar-refractivity contribution in [3.8, 4) is 0 Å². The van der Waals surface area contributed by atoms with E-state index in [9.17, 15) is 53.4 Å². The van der Waals surface area contributed by atoms with E-state index in [-0.39, 0.29) is 44.6 Å². The number of likely N-dealkylation sites (tertiary alicyclic amines) is 1. The molecule has 1 saturated heterocycles. The summed E-state index contributed by atoms with van der Waals surface area (Å²) in [6.07, 6.45) is 3.16. The minimum absolute atomic E-state index is 0.0308. The van der Waals surface area contributed by atoms with Gasteiger partial charge in [0.1, 0.15) is 36.3 Å². The van der Waals surface area contributed by atoms with Gasteiger partial charge in [-0.15, -0.1) is 0 Å². The number of aromatic amines is 1. The lowest BCUT2D eigenvalue weighted by Gasteiger charge is -2.30. The molecule has 388 valence electrons. The van der Waals surface area contributed by atoms with Crippen molar-refractivity contribution in [1.82, 2.24) is 47.1 Å². The number of aliphatic hydroxyl groups is 1. The molecule has 2 heterocycles. The van der Waals surface area contributed by atoms with Gasteiger partial charge in [-0.05, 0) is 80.1 Å². The number of hydrogen-bond acceptors (Lipinski definition) is 12. The van der Waals surface area contributed by atoms with Gasteiger partial charge in [-0.2, -0.15) is 11.8 Å². The average molecular weight is 1010 g/mol. The number of rotatable bonds is 27. The number of benzene rings is 2. The van der Waals surface area contributed by atoms with Gasteiger partial charge in [0, 0.05) is 30.1 Å². The molecule has 1 aliphatic heterocycles. The molecule has 0 radical (unpaired) electrons. The summed E-state index contributed by atoms with van der Waals surface area (Å²) in [5.41, 5.74) is 8.49. The highest BCUT2D eigenvalue weighted by molar-refractivity contribution is 7.98. The van der Waals surface area contributed by atoms with Gasteiger partial charge in [0.25, 0.3) is 0 Å². The number of para-hydroxylation sites is 1. The zero-order valence-electron chi connectivity index (χ0n) is 41.1. The molecule has 1 aliphatic rings. The second kappa shape index (κ2) is 27.8. The minimum Gasteiger partial charge on any atom is -0.480 e. The fourth-order valence-electron chi connectivity index (χ4n) is 8.13. The third-order valence-electron chi connectivity index (χ3n) is 12.0. The number of H-pyrrole nitrogens is 1. The van der Waals surface area contributed by atoms with Crippen molar-refractivity contribution in [3.05, 3.63) is 71.9 Å². The van der Waals surface area contributed by atoms with Crippen LogP contribution in [-0.4, -0.2) is 153 Å². The predicted molar refractivity (Wildman–Crippen MR) is 267 cm³/mol. The summed E-state index contributed by atoms with van der Waals surface area (Å²) in [5.74, 6) is -7.05. The molecule has 0 bridgehead atoms. The Balaban J connectivity index is 1.49. The van der Waals surface area contributed by atoms with E-state index >= 15 is 0 Å². The third kappa shape index (κ3) is 17.4. The standard InChI is InChI=1S/C49H70N10O11S/c1-27(2)21-36(55-43(63)33(50)22-30-13-8-7-9-14-30)45(65)58-42(29(5)60)47(67)54-35(18-20-71-6)44(64)56-37(23-31-24-51-34-16-11-10-15-32(31)34)48(68)59-19-12-17-38(59)46(66)53-25-39(61)52-26-40(62)57-41(28(3)4)49(69)70/h7-11,13-16,24,27-29,33,35-38,41-42,51,60H,12,17-23,25-26,50H2,1-6H3,(H,52,61)(H,53,66)(H,54,67)(H,55,63)(H,56,64)(H,57,62)(H,58,65)(H,69,70)/t29-,33+,35+,36+,37+,38+,41+,42+/m1/s1. The number of carbonyl (C=O) groups is 9. The molecule has 0 unspecified atom stereocenters. The van der Waals surface area contributed by atoms with E-state index < -0.39 is 121 Å². The number of hydrogen-bond donors (Lipinski definition) is 11. The maximum absolute atomic E-state index is 14.6. The van der Waals surface area contributed by atoms with Gasteiger partial charge in [0.05, 0.1) is 25.2 Å². The van der Waals surface area contributed by atoms with Gasteiger partial charge in [-0.3, -0.25) is 38.4 Å². The SMILES string of the molecule is CSCC[C@H](NC(=O)[C@@H](NC(=O)[C@H](CC(C)C)NC(=O)[C@@H](N)Cc1ccccc1)[C@@H](C)O)C(=O)N[C@@H](Cc1c[nH]c2ccccc12)C(=O)N1CCC[C@H]1C(=O)NCC(=O)NCC(=O)N[C@H](C(=O)O)C(C)C. The number of amides is 8. The lowest BCUT2D eigenvalue weighted by atomic mass is 10.0. The van der Waals surface area contributed by atoms with Crippen molar-refractivity contribution < 1.29 is 53.4 Å². The first-order valence-corrected chi connectivity index (χ1v) is 25.2. The van der Waals surface area contributed by atoms with Crippen LogP contribution >= 0.6 is 11.8 Å². The van der Waals surface area contributed by atoms with Crippen LogP contribution in [0.1, 0.15) is 71.4 Å². The average Bonchev–Trinajstić information content (AvgIpc) is 3.99. The predicted octanol–water partition coefficient (Wildman–Crippen LogP) is -0.152. The van der Waals surface area contributed by atoms with Gasteiger partial charge >= 0.3 is 5.97 Å². The van der Waals surface area contributed by atoms with Crippen LogP contribution in [0.3, 0.4) is 0 Å². The van der Waals surface area contributed by atoms with Crippen LogP contribution in [-0.2, 0) is 56.0 Å². The van der Waals surface area contributed by atoms with Crippen molar-refractivity contribution in [2.45, 2.75) is 122 Å². The summed E-state index contributed by atoms with van der Waals surface area (Å²) in [6, 6.07) is 8.07. The van der Waals surface area contributed by atoms with Crippen LogP contribution < -0.4 is 43.0 Å². The largest absolute Gasteiger partial charge is 0.480 e. The summed E-state index contributed by atoms with van der Waals surface area (Å²) in [5, 5.41) is 38.9. The lowest BCUT2D eigenvalue weighted by Crippen LogP contribution is -2.61. The summed E-state index contributed by atoms with van der Waals surface area (Å²) in [6.45, 7) is 7.29. The first kappa shape index (κ1) is 57.1. The topological polar surface area (TPSA) is 323 Å². The Morgan fingerprint density at radius 1 is 0.746 bits per heavy atom. The molecule has 4 rings (SSSR count). The maximum Gasteiger partial charge on any atom is 0.326 e. The van der Waals surface area contributed by atoms with Crippen molar-refractivity contribution in [2.75, 3.05) is 31.6 Å². The molecular formula is C49H70N10O11S. The lowest BCUT2D eigenvalue weighted by molar-refractivity contribution is -0.143. The Labute approximate surface area is 417 Å². The Morgan fingerprint density at radius 2 is 1.38 bits per heavy atom. The molecule has 2 aromatic carbocycles. The molecule has 0 aliphatic carbocycles. The number of carboxylic acids is 1. The quantitative estimate of drug-likeness (QED) is 0.0474. The van der Waals surface area contributed by atoms with E-state index in [2.05, 4.69) is 42.2 Å². The van der Waals surface area contributed by atoms with Crippen LogP contribution in [0.25, 0.3) is 10.9 Å². The van der Waals surface area contributed by atoms with Crippen LogP contribution in [0.4, 0.5) is 0 Å². The number of aliphatic carboxylic acids is 1. The first-order valence-electron chi connectivity index (χ1n) is 23.8. The second-order valence-corrected chi connectivity index (χ2v) is 19.5. The smallest absolute Gasteiger partial charge is 0.326 e. The Morgan fingerprint density at radius 3 is 2.03 bits per heavy atom. The highest BCUT2D eigenvalue weighted by atomic mass is 32.2. The monoisotopic (exact) mass is 1010 g/mol. The number of thioether (sulfide) groups is 1. The summed E-state index contributed by atoms with van der Waals surface area (Å²) in [7, 11) is 0. The van der Waals surface area contributed by atoms with Crippen LogP contribution in [0.2, 0.25) is 0 Å². The Kier molecular flexibility index (Phi) is 22.3. The second-order valence-electron chi connectivity index (χ2n) is 18.5. The summed E-state index contributed by atoms with van der Waals surface area (Å²) in [4.78, 5) is 125. The number of aromatic nitrogens is 1. The van der Waals surface area contributed by atoms with Crippen molar-refractivity contribution in [3.63, 3.8) is 0 Å². The molecular weight excluding hydrogens is 937 g/mol. The number of nitrogens with zero attached hydrogens (tertiary/aromatic N) is 1. The van der Waals surface area contributed by atoms with E-state index in [1.165, 1.54) is 23.6 Å². The zero-order chi connectivity index (χ0) is 52.4. The molecule has 1 aromatic heterocycles. The van der Waals surface area contributed by atoms with Crippen molar-refractivity contribution >= 4 is 75.9 Å². The Hall–Kier alpha value is -6.52. The molecule has 1 fully saturated rings. The molecule has 8 amide bonds. The van der Waals surface area contributed by atoms with E-state index in [4.69, 9.17) is 5.73 Å². The van der Waals surface area contributed by atoms with Crippen molar-refractivity contribution in [1.29, 1.82) is 0 Å². The zero-order valence-corrected chi connectivity index (χ0v) is 41.9. The fourth-order valence-corrected chi connectivity index (χ4v) is 8.60. The number of carbonyl (C=O) groups excluding carboxylic acids is 8. The number of aliphatic hydroxyl groups excluding tert-OH is 1. The van der Waals surface area contributed by atoms with Crippen LogP contribution in [0, 0.1) is 11.8 Å². The van der Waals surface area contributed by atoms with E-state index in [1.807, 2.05) is 68.4 Å². The highest BCUT2D eigenvalue weighted by Crippen LogP contribution is 2.23. The van der Waals surface area contributed by atoms with Gasteiger partial charge in [0.2, 0.25) is 47.3 Å². The van der Waals surface area contributed by atoms with E-state index in [1.54, 1.807) is 26.3 Å². The molecule has 8 atom stereocenters. The fraction of sp³-hybridized carbons (Fsp3) is 0.531. The van der Waals surface area contributed by atoms with E-state index in [0.717, 1.165) is 16.5 Å². The number of carboxylic acid groups (broad SMARTS) is 1. The van der Waals surface area contributed by atoms with Crippen LogP contribution in [0.5, 0.6) is 0 Å². The normalized spacial score (nSPS) is 16.4. The van der Waals surface area contributed by atoms with Gasteiger partial charge in [0.15, 0.2) is 0 Å². The Bertz CT molecular complexity index is 2330. The van der Waals surface area contributed by atoms with Gasteiger partial charge in [-0.1, -0.05) is 76.2 Å². The van der Waals surface area contributed by atoms with Crippen molar-refractivity contribution in [2.24, 2.45) is 17.6 Å². The molecule has 0 spiro atoms. The van der Waals surface area contributed by atoms with Gasteiger partial charge < -0.3 is 63.0 Å². The number of nitrogens with one attached hydrogen (secondary N) is 8. The summed E-state index contributed by atoms with van der Waals surface area (Å²) < 4.78 is 0. The minimum atomic E-state index is -1.57. The molecule has 3 aromatic rings. The number of nitrogens with two attached hydrogens (primary N) is 1. The molecule has 12 N–H and O–H groups in total. The molecule has 21 nitrogen and oxygen atoms in total. The first-order chi connectivity index (χ1) is 33.7. The highest BCUT2D eigenvalue weighted by Gasteiger charge is 2.40. The van der Waals surface area contributed by atoms with E-state index in [0.29, 0.717) is 17.7 Å².